The maximum absolute atomic E-state index is 5.76. The first kappa shape index (κ1) is 16.1. The van der Waals surface area contributed by atoms with Crippen molar-refractivity contribution in [3.8, 4) is 17.2 Å². The Balaban J connectivity index is 1.44. The van der Waals surface area contributed by atoms with E-state index < -0.39 is 0 Å². The second kappa shape index (κ2) is 6.87. The minimum atomic E-state index is 0.508. The molecule has 0 spiro atoms. The van der Waals surface area contributed by atoms with Gasteiger partial charge in [0.15, 0.2) is 5.16 Å². The number of ether oxygens (including phenoxy) is 1. The van der Waals surface area contributed by atoms with Gasteiger partial charge in [0, 0.05) is 18.0 Å². The average molecular weight is 357 g/mol. The molecule has 1 fully saturated rings. The number of hydrogen-bond donors (Lipinski definition) is 0. The summed E-state index contributed by atoms with van der Waals surface area (Å²) in [6, 6.07) is 7.55. The van der Waals surface area contributed by atoms with Gasteiger partial charge in [-0.2, -0.15) is 0 Å². The fourth-order valence-electron chi connectivity index (χ4n) is 2.64. The van der Waals surface area contributed by atoms with Crippen LogP contribution < -0.4 is 4.74 Å². The van der Waals surface area contributed by atoms with Gasteiger partial charge in [0.25, 0.3) is 0 Å². The SMILES string of the molecule is CCn1c(SCc2nnc(-c3ccc(OC)cc3)o2)nnc1C1CC1. The third-order valence-corrected chi connectivity index (χ3v) is 5.08. The Morgan fingerprint density at radius 3 is 2.64 bits per heavy atom. The molecule has 1 aliphatic rings. The first-order valence-corrected chi connectivity index (χ1v) is 9.29. The first-order valence-electron chi connectivity index (χ1n) is 8.31. The lowest BCUT2D eigenvalue weighted by Gasteiger charge is -2.05. The number of methoxy groups -OCH3 is 1. The molecule has 0 aliphatic heterocycles. The maximum Gasteiger partial charge on any atom is 0.247 e. The second-order valence-electron chi connectivity index (χ2n) is 5.88. The van der Waals surface area contributed by atoms with Crippen LogP contribution in [-0.4, -0.2) is 32.1 Å². The predicted octanol–water partition coefficient (Wildman–Crippen LogP) is 3.53. The van der Waals surface area contributed by atoms with E-state index in [1.165, 1.54) is 12.8 Å². The summed E-state index contributed by atoms with van der Waals surface area (Å²) in [6.07, 6.45) is 2.44. The molecule has 0 unspecified atom stereocenters. The van der Waals surface area contributed by atoms with E-state index in [2.05, 4.69) is 31.9 Å². The number of nitrogens with zero attached hydrogens (tertiary/aromatic N) is 5. The molecule has 1 saturated carbocycles. The zero-order chi connectivity index (χ0) is 17.2. The van der Waals surface area contributed by atoms with Gasteiger partial charge >= 0.3 is 0 Å². The molecule has 0 radical (unpaired) electrons. The molecule has 0 amide bonds. The largest absolute Gasteiger partial charge is 0.497 e. The fraction of sp³-hybridized carbons (Fsp3) is 0.412. The molecule has 0 saturated heterocycles. The summed E-state index contributed by atoms with van der Waals surface area (Å²) in [7, 11) is 1.64. The van der Waals surface area contributed by atoms with Gasteiger partial charge in [0.2, 0.25) is 11.8 Å². The van der Waals surface area contributed by atoms with Gasteiger partial charge < -0.3 is 13.7 Å². The summed E-state index contributed by atoms with van der Waals surface area (Å²) in [4.78, 5) is 0. The summed E-state index contributed by atoms with van der Waals surface area (Å²) in [5, 5.41) is 17.8. The summed E-state index contributed by atoms with van der Waals surface area (Å²) in [5.41, 5.74) is 0.872. The summed E-state index contributed by atoms with van der Waals surface area (Å²) in [6.45, 7) is 3.00. The van der Waals surface area contributed by atoms with E-state index >= 15 is 0 Å². The molecule has 0 N–H and O–H groups in total. The number of aromatic nitrogens is 5. The highest BCUT2D eigenvalue weighted by Gasteiger charge is 2.30. The summed E-state index contributed by atoms with van der Waals surface area (Å²) in [5.74, 6) is 4.15. The van der Waals surface area contributed by atoms with Crippen molar-refractivity contribution in [1.29, 1.82) is 0 Å². The quantitative estimate of drug-likeness (QED) is 0.599. The van der Waals surface area contributed by atoms with Gasteiger partial charge in [-0.3, -0.25) is 0 Å². The Hall–Kier alpha value is -2.35. The van der Waals surface area contributed by atoms with Crippen LogP contribution in [0.1, 0.15) is 37.4 Å². The van der Waals surface area contributed by atoms with Crippen LogP contribution in [0.15, 0.2) is 33.8 Å². The van der Waals surface area contributed by atoms with Crippen molar-refractivity contribution < 1.29 is 9.15 Å². The first-order chi connectivity index (χ1) is 12.3. The van der Waals surface area contributed by atoms with Crippen molar-refractivity contribution in [2.75, 3.05) is 7.11 Å². The zero-order valence-electron chi connectivity index (χ0n) is 14.2. The maximum atomic E-state index is 5.76. The monoisotopic (exact) mass is 357 g/mol. The van der Waals surface area contributed by atoms with Crippen LogP contribution in [-0.2, 0) is 12.3 Å². The standard InChI is InChI=1S/C17H19N5O2S/c1-3-22-15(11-4-5-11)19-21-17(22)25-10-14-18-20-16(24-14)12-6-8-13(23-2)9-7-12/h6-9,11H,3-5,10H2,1-2H3. The normalized spacial score (nSPS) is 14.0. The lowest BCUT2D eigenvalue weighted by Crippen LogP contribution is -2.02. The van der Waals surface area contributed by atoms with E-state index in [-0.39, 0.29) is 0 Å². The highest BCUT2D eigenvalue weighted by atomic mass is 32.2. The van der Waals surface area contributed by atoms with Crippen molar-refractivity contribution in [3.05, 3.63) is 36.0 Å². The van der Waals surface area contributed by atoms with Gasteiger partial charge in [-0.15, -0.1) is 20.4 Å². The van der Waals surface area contributed by atoms with Crippen LogP contribution in [0, 0.1) is 0 Å². The highest BCUT2D eigenvalue weighted by molar-refractivity contribution is 7.98. The van der Waals surface area contributed by atoms with Crippen LogP contribution in [0.25, 0.3) is 11.5 Å². The van der Waals surface area contributed by atoms with Crippen LogP contribution in [0.3, 0.4) is 0 Å². The van der Waals surface area contributed by atoms with Gasteiger partial charge in [0.1, 0.15) is 11.6 Å². The molecule has 0 atom stereocenters. The number of hydrogen-bond acceptors (Lipinski definition) is 7. The van der Waals surface area contributed by atoms with E-state index in [1.54, 1.807) is 18.9 Å². The smallest absolute Gasteiger partial charge is 0.247 e. The summed E-state index contributed by atoms with van der Waals surface area (Å²) >= 11 is 1.58. The van der Waals surface area contributed by atoms with Crippen molar-refractivity contribution in [1.82, 2.24) is 25.0 Å². The third kappa shape index (κ3) is 3.39. The number of rotatable bonds is 7. The molecule has 0 bridgehead atoms. The van der Waals surface area contributed by atoms with Crippen molar-refractivity contribution in [2.45, 2.75) is 43.1 Å². The molecule has 3 aromatic rings. The van der Waals surface area contributed by atoms with E-state index in [1.807, 2.05) is 24.3 Å². The Kier molecular flexibility index (Phi) is 4.44. The molecule has 2 aromatic heterocycles. The Bertz CT molecular complexity index is 854. The minimum Gasteiger partial charge on any atom is -0.497 e. The van der Waals surface area contributed by atoms with E-state index in [0.717, 1.165) is 28.8 Å². The van der Waals surface area contributed by atoms with Crippen molar-refractivity contribution >= 4 is 11.8 Å². The average Bonchev–Trinajstić information content (AvgIpc) is 3.24. The third-order valence-electron chi connectivity index (χ3n) is 4.13. The van der Waals surface area contributed by atoms with Gasteiger partial charge in [-0.25, -0.2) is 0 Å². The van der Waals surface area contributed by atoms with E-state index in [0.29, 0.717) is 23.5 Å². The van der Waals surface area contributed by atoms with E-state index in [4.69, 9.17) is 9.15 Å². The predicted molar refractivity (Wildman–Crippen MR) is 93.5 cm³/mol. The molecule has 1 aromatic carbocycles. The molecule has 1 aliphatic carbocycles. The second-order valence-corrected chi connectivity index (χ2v) is 6.82. The minimum absolute atomic E-state index is 0.508. The molecule has 4 rings (SSSR count). The van der Waals surface area contributed by atoms with E-state index in [9.17, 15) is 0 Å². The van der Waals surface area contributed by atoms with Crippen molar-refractivity contribution in [3.63, 3.8) is 0 Å². The Morgan fingerprint density at radius 1 is 1.16 bits per heavy atom. The molecular weight excluding hydrogens is 338 g/mol. The lowest BCUT2D eigenvalue weighted by atomic mass is 10.2. The molecule has 25 heavy (non-hydrogen) atoms. The highest BCUT2D eigenvalue weighted by Crippen LogP contribution is 2.40. The van der Waals surface area contributed by atoms with Crippen LogP contribution >= 0.6 is 11.8 Å². The fourth-order valence-corrected chi connectivity index (χ4v) is 3.48. The number of benzene rings is 1. The Morgan fingerprint density at radius 2 is 1.96 bits per heavy atom. The van der Waals surface area contributed by atoms with Crippen LogP contribution in [0.4, 0.5) is 0 Å². The van der Waals surface area contributed by atoms with Gasteiger partial charge in [-0.05, 0) is 44.0 Å². The topological polar surface area (TPSA) is 78.9 Å². The number of thioether (sulfide) groups is 1. The zero-order valence-corrected chi connectivity index (χ0v) is 15.0. The lowest BCUT2D eigenvalue weighted by molar-refractivity contribution is 0.415. The van der Waals surface area contributed by atoms with Crippen LogP contribution in [0.5, 0.6) is 5.75 Å². The Labute approximate surface area is 149 Å². The van der Waals surface area contributed by atoms with Gasteiger partial charge in [-0.1, -0.05) is 11.8 Å². The molecule has 8 heteroatoms. The molecule has 130 valence electrons. The molecule has 7 nitrogen and oxygen atoms in total. The molecular formula is C17H19N5O2S. The van der Waals surface area contributed by atoms with Crippen molar-refractivity contribution in [2.24, 2.45) is 0 Å². The van der Waals surface area contributed by atoms with Crippen LogP contribution in [0.2, 0.25) is 0 Å². The van der Waals surface area contributed by atoms with Gasteiger partial charge in [0.05, 0.1) is 12.9 Å². The molecule has 2 heterocycles. The summed E-state index contributed by atoms with van der Waals surface area (Å²) < 4.78 is 13.1.